The van der Waals surface area contributed by atoms with Gasteiger partial charge in [0.05, 0.1) is 16.8 Å². The summed E-state index contributed by atoms with van der Waals surface area (Å²) in [6, 6.07) is 6.71. The fourth-order valence-corrected chi connectivity index (χ4v) is 3.05. The third-order valence-corrected chi connectivity index (χ3v) is 4.68. The highest BCUT2D eigenvalue weighted by Gasteiger charge is 2.26. The summed E-state index contributed by atoms with van der Waals surface area (Å²) in [6.07, 6.45) is 1.19. The Bertz CT molecular complexity index is 804. The minimum Gasteiger partial charge on any atom is -0.489 e. The summed E-state index contributed by atoms with van der Waals surface area (Å²) in [6.45, 7) is 7.03. The monoisotopic (exact) mass is 372 g/mol. The lowest BCUT2D eigenvalue weighted by Gasteiger charge is -2.20. The number of esters is 1. The summed E-state index contributed by atoms with van der Waals surface area (Å²) in [7, 11) is 0. The van der Waals surface area contributed by atoms with Gasteiger partial charge in [-0.3, -0.25) is 4.79 Å². The van der Waals surface area contributed by atoms with E-state index in [9.17, 15) is 9.59 Å². The number of hydrogen-bond donors (Lipinski definition) is 0. The molecule has 0 spiro atoms. The third kappa shape index (κ3) is 4.48. The Hall–Kier alpha value is -2.83. The van der Waals surface area contributed by atoms with Crippen LogP contribution >= 0.6 is 0 Å². The maximum absolute atomic E-state index is 12.4. The molecule has 0 unspecified atom stereocenters. The zero-order valence-corrected chi connectivity index (χ0v) is 15.9. The summed E-state index contributed by atoms with van der Waals surface area (Å²) in [5.74, 6) is 0.546. The second-order valence-electron chi connectivity index (χ2n) is 6.70. The number of amides is 1. The van der Waals surface area contributed by atoms with Crippen LogP contribution in [-0.2, 0) is 16.1 Å². The van der Waals surface area contributed by atoms with Crippen molar-refractivity contribution in [3.05, 3.63) is 46.8 Å². The van der Waals surface area contributed by atoms with Crippen LogP contribution in [-0.4, -0.2) is 41.1 Å². The van der Waals surface area contributed by atoms with Gasteiger partial charge in [-0.05, 0) is 51.8 Å². The summed E-state index contributed by atoms with van der Waals surface area (Å²) < 4.78 is 16.2. The van der Waals surface area contributed by atoms with Crippen LogP contribution in [0.15, 0.2) is 28.8 Å². The molecule has 1 aromatic heterocycles. The molecule has 27 heavy (non-hydrogen) atoms. The van der Waals surface area contributed by atoms with Gasteiger partial charge in [0.2, 0.25) is 0 Å². The SMILES string of the molecule is Cc1noc(C)c1COc1cccc(C(=O)O[C@H](C)C(=O)N2CCCC2)c1. The van der Waals surface area contributed by atoms with E-state index < -0.39 is 12.1 Å². The standard InChI is InChI=1S/C20H24N2O5/c1-13-18(14(2)27-21-13)12-25-17-8-6-7-16(11-17)20(24)26-15(3)19(23)22-9-4-5-10-22/h6-8,11,15H,4-5,9-10,12H2,1-3H3/t15-/m1/s1. The number of carbonyl (C=O) groups excluding carboxylic acids is 2. The van der Waals surface area contributed by atoms with Gasteiger partial charge in [0.1, 0.15) is 18.1 Å². The number of rotatable bonds is 6. The number of aryl methyl sites for hydroxylation is 2. The summed E-state index contributed by atoms with van der Waals surface area (Å²) in [5.41, 5.74) is 2.00. The first-order chi connectivity index (χ1) is 13.0. The molecule has 0 radical (unpaired) electrons. The van der Waals surface area contributed by atoms with Crippen molar-refractivity contribution in [1.82, 2.24) is 10.1 Å². The molecule has 144 valence electrons. The van der Waals surface area contributed by atoms with E-state index in [-0.39, 0.29) is 5.91 Å². The smallest absolute Gasteiger partial charge is 0.339 e. The molecule has 7 nitrogen and oxygen atoms in total. The molecule has 2 aromatic rings. The number of likely N-dealkylation sites (tertiary alicyclic amines) is 1. The highest BCUT2D eigenvalue weighted by atomic mass is 16.5. The van der Waals surface area contributed by atoms with Gasteiger partial charge < -0.3 is 18.9 Å². The van der Waals surface area contributed by atoms with Crippen LogP contribution in [0.1, 0.15) is 47.1 Å². The maximum atomic E-state index is 12.4. The Labute approximate surface area is 158 Å². The first-order valence-corrected chi connectivity index (χ1v) is 9.10. The molecule has 2 heterocycles. The lowest BCUT2D eigenvalue weighted by molar-refractivity contribution is -0.138. The molecule has 1 amide bonds. The van der Waals surface area contributed by atoms with Crippen molar-refractivity contribution < 1.29 is 23.6 Å². The van der Waals surface area contributed by atoms with Crippen LogP contribution in [0.4, 0.5) is 0 Å². The number of nitrogens with zero attached hydrogens (tertiary/aromatic N) is 2. The molecule has 3 rings (SSSR count). The highest BCUT2D eigenvalue weighted by Crippen LogP contribution is 2.19. The summed E-state index contributed by atoms with van der Waals surface area (Å²) in [4.78, 5) is 26.4. The predicted molar refractivity (Wildman–Crippen MR) is 97.4 cm³/mol. The Kier molecular flexibility index (Phi) is 5.78. The Balaban J connectivity index is 1.60. The van der Waals surface area contributed by atoms with Gasteiger partial charge in [-0.15, -0.1) is 0 Å². The quantitative estimate of drug-likeness (QED) is 0.725. The van der Waals surface area contributed by atoms with Gasteiger partial charge in [-0.1, -0.05) is 11.2 Å². The van der Waals surface area contributed by atoms with Crippen molar-refractivity contribution in [2.24, 2.45) is 0 Å². The number of carbonyl (C=O) groups is 2. The van der Waals surface area contributed by atoms with Gasteiger partial charge in [0.15, 0.2) is 6.10 Å². The molecular formula is C20H24N2O5. The van der Waals surface area contributed by atoms with E-state index in [1.165, 1.54) is 0 Å². The van der Waals surface area contributed by atoms with Crippen LogP contribution in [0.2, 0.25) is 0 Å². The molecule has 0 aliphatic carbocycles. The number of aromatic nitrogens is 1. The number of ether oxygens (including phenoxy) is 2. The van der Waals surface area contributed by atoms with Crippen LogP contribution in [0.25, 0.3) is 0 Å². The van der Waals surface area contributed by atoms with Crippen LogP contribution in [0, 0.1) is 13.8 Å². The molecule has 0 N–H and O–H groups in total. The van der Waals surface area contributed by atoms with Crippen molar-refractivity contribution in [3.8, 4) is 5.75 Å². The molecule has 0 bridgehead atoms. The molecule has 1 aromatic carbocycles. The molecular weight excluding hydrogens is 348 g/mol. The lowest BCUT2D eigenvalue weighted by Crippen LogP contribution is -2.38. The first kappa shape index (κ1) is 18.9. The molecule has 7 heteroatoms. The number of hydrogen-bond acceptors (Lipinski definition) is 6. The molecule has 1 fully saturated rings. The first-order valence-electron chi connectivity index (χ1n) is 9.10. The maximum Gasteiger partial charge on any atom is 0.339 e. The van der Waals surface area contributed by atoms with Crippen molar-refractivity contribution in [1.29, 1.82) is 0 Å². The van der Waals surface area contributed by atoms with Crippen molar-refractivity contribution in [2.75, 3.05) is 13.1 Å². The fourth-order valence-electron chi connectivity index (χ4n) is 3.05. The van der Waals surface area contributed by atoms with Gasteiger partial charge in [0, 0.05) is 13.1 Å². The van der Waals surface area contributed by atoms with Gasteiger partial charge in [0.25, 0.3) is 5.91 Å². The van der Waals surface area contributed by atoms with Gasteiger partial charge in [-0.25, -0.2) is 4.79 Å². The van der Waals surface area contributed by atoms with E-state index in [1.807, 2.05) is 13.8 Å². The van der Waals surface area contributed by atoms with Crippen molar-refractivity contribution >= 4 is 11.9 Å². The second-order valence-corrected chi connectivity index (χ2v) is 6.70. The van der Waals surface area contributed by atoms with E-state index in [0.29, 0.717) is 23.7 Å². The highest BCUT2D eigenvalue weighted by molar-refractivity contribution is 5.92. The molecule has 1 saturated heterocycles. The topological polar surface area (TPSA) is 81.9 Å². The zero-order valence-electron chi connectivity index (χ0n) is 15.9. The molecule has 1 aliphatic rings. The Morgan fingerprint density at radius 3 is 2.67 bits per heavy atom. The predicted octanol–water partition coefficient (Wildman–Crippen LogP) is 3.04. The Morgan fingerprint density at radius 2 is 2.00 bits per heavy atom. The average Bonchev–Trinajstić information content (AvgIpc) is 3.30. The minimum atomic E-state index is -0.803. The van der Waals surface area contributed by atoms with Crippen molar-refractivity contribution in [2.45, 2.75) is 46.3 Å². The fraction of sp³-hybridized carbons (Fsp3) is 0.450. The second kappa shape index (κ2) is 8.24. The van der Waals surface area contributed by atoms with Crippen molar-refractivity contribution in [3.63, 3.8) is 0 Å². The molecule has 1 atom stereocenters. The van der Waals surface area contributed by atoms with E-state index >= 15 is 0 Å². The molecule has 0 saturated carbocycles. The van der Waals surface area contributed by atoms with Gasteiger partial charge >= 0.3 is 5.97 Å². The van der Waals surface area contributed by atoms with Crippen LogP contribution < -0.4 is 4.74 Å². The number of benzene rings is 1. The lowest BCUT2D eigenvalue weighted by atomic mass is 10.2. The van der Waals surface area contributed by atoms with Crippen LogP contribution in [0.5, 0.6) is 5.75 Å². The Morgan fingerprint density at radius 1 is 1.26 bits per heavy atom. The van der Waals surface area contributed by atoms with E-state index in [1.54, 1.807) is 36.1 Å². The van der Waals surface area contributed by atoms with Gasteiger partial charge in [-0.2, -0.15) is 0 Å². The van der Waals surface area contributed by atoms with E-state index in [4.69, 9.17) is 14.0 Å². The molecule has 1 aliphatic heterocycles. The zero-order chi connectivity index (χ0) is 19.4. The van der Waals surface area contributed by atoms with E-state index in [0.717, 1.165) is 37.2 Å². The average molecular weight is 372 g/mol. The largest absolute Gasteiger partial charge is 0.489 e. The third-order valence-electron chi connectivity index (χ3n) is 4.68. The minimum absolute atomic E-state index is 0.147. The van der Waals surface area contributed by atoms with Crippen LogP contribution in [0.3, 0.4) is 0 Å². The summed E-state index contributed by atoms with van der Waals surface area (Å²) in [5, 5.41) is 3.89. The summed E-state index contributed by atoms with van der Waals surface area (Å²) >= 11 is 0. The van der Waals surface area contributed by atoms with E-state index in [2.05, 4.69) is 5.16 Å². The normalized spacial score (nSPS) is 14.9.